The van der Waals surface area contributed by atoms with Crippen LogP contribution in [0.25, 0.3) is 0 Å². The third-order valence-electron chi connectivity index (χ3n) is 3.27. The second-order valence-corrected chi connectivity index (χ2v) is 5.99. The van der Waals surface area contributed by atoms with Gasteiger partial charge in [-0.1, -0.05) is 23.7 Å². The Morgan fingerprint density at radius 3 is 2.68 bits per heavy atom. The van der Waals surface area contributed by atoms with Crippen LogP contribution in [0.2, 0.25) is 5.02 Å². The van der Waals surface area contributed by atoms with Gasteiger partial charge in [0.25, 0.3) is 5.91 Å². The van der Waals surface area contributed by atoms with Crippen LogP contribution in [-0.2, 0) is 4.79 Å². The number of hydrazine groups is 1. The van der Waals surface area contributed by atoms with Gasteiger partial charge in [-0.05, 0) is 49.0 Å². The summed E-state index contributed by atoms with van der Waals surface area (Å²) in [5, 5.41) is 6.83. The van der Waals surface area contributed by atoms with Crippen LogP contribution >= 0.6 is 23.8 Å². The minimum Gasteiger partial charge on any atom is -0.497 e. The fraction of sp³-hybridized carbons (Fsp3) is 0.176. The first-order valence-electron chi connectivity index (χ1n) is 7.48. The molecule has 0 saturated heterocycles. The molecule has 0 saturated carbocycles. The number of amides is 1. The fourth-order valence-corrected chi connectivity index (χ4v) is 2.27. The van der Waals surface area contributed by atoms with Crippen LogP contribution in [0.15, 0.2) is 42.5 Å². The monoisotopic (exact) mass is 378 g/mol. The third-order valence-corrected chi connectivity index (χ3v) is 3.88. The first-order chi connectivity index (χ1) is 12.0. The SMILES string of the molecule is COc1cccc(NCC(=O)NNC(=S)Nc2ccc(C)c(Cl)c2)c1. The van der Waals surface area contributed by atoms with E-state index in [9.17, 15) is 4.79 Å². The van der Waals surface area contributed by atoms with Crippen LogP contribution in [0.4, 0.5) is 11.4 Å². The summed E-state index contributed by atoms with van der Waals surface area (Å²) < 4.78 is 5.13. The summed E-state index contributed by atoms with van der Waals surface area (Å²) in [6, 6.07) is 12.8. The van der Waals surface area contributed by atoms with Crippen molar-refractivity contribution in [1.82, 2.24) is 10.9 Å². The number of hydrogen-bond donors (Lipinski definition) is 4. The van der Waals surface area contributed by atoms with Crippen molar-refractivity contribution < 1.29 is 9.53 Å². The summed E-state index contributed by atoms with van der Waals surface area (Å²) in [6.45, 7) is 2.00. The number of carbonyl (C=O) groups is 1. The van der Waals surface area contributed by atoms with Gasteiger partial charge in [-0.25, -0.2) is 0 Å². The number of rotatable bonds is 5. The Morgan fingerprint density at radius 2 is 1.96 bits per heavy atom. The molecule has 25 heavy (non-hydrogen) atoms. The zero-order chi connectivity index (χ0) is 18.2. The van der Waals surface area contributed by atoms with Gasteiger partial charge >= 0.3 is 0 Å². The molecule has 4 N–H and O–H groups in total. The van der Waals surface area contributed by atoms with Gasteiger partial charge in [0.15, 0.2) is 5.11 Å². The number of hydrogen-bond acceptors (Lipinski definition) is 4. The van der Waals surface area contributed by atoms with Crippen molar-refractivity contribution in [3.8, 4) is 5.75 Å². The molecule has 2 aromatic carbocycles. The fourth-order valence-electron chi connectivity index (χ4n) is 1.92. The highest BCUT2D eigenvalue weighted by Gasteiger charge is 2.04. The van der Waals surface area contributed by atoms with Crippen molar-refractivity contribution in [2.45, 2.75) is 6.92 Å². The summed E-state index contributed by atoms with van der Waals surface area (Å²) in [6.07, 6.45) is 0. The van der Waals surface area contributed by atoms with E-state index in [1.807, 2.05) is 37.3 Å². The number of benzene rings is 2. The van der Waals surface area contributed by atoms with Crippen LogP contribution < -0.4 is 26.2 Å². The molecule has 0 aliphatic heterocycles. The molecular weight excluding hydrogens is 360 g/mol. The molecule has 0 bridgehead atoms. The number of methoxy groups -OCH3 is 1. The Balaban J connectivity index is 1.75. The number of carbonyl (C=O) groups excluding carboxylic acids is 1. The summed E-state index contributed by atoms with van der Waals surface area (Å²) in [4.78, 5) is 11.9. The van der Waals surface area contributed by atoms with Crippen LogP contribution in [0, 0.1) is 6.92 Å². The van der Waals surface area contributed by atoms with Crippen LogP contribution in [0.5, 0.6) is 5.75 Å². The van der Waals surface area contributed by atoms with Crippen molar-refractivity contribution >= 4 is 46.2 Å². The zero-order valence-electron chi connectivity index (χ0n) is 13.9. The number of aryl methyl sites for hydroxylation is 1. The second-order valence-electron chi connectivity index (χ2n) is 5.18. The lowest BCUT2D eigenvalue weighted by Gasteiger charge is -2.13. The van der Waals surface area contributed by atoms with Crippen LogP contribution in [-0.4, -0.2) is 24.7 Å². The summed E-state index contributed by atoms with van der Waals surface area (Å²) in [7, 11) is 1.59. The molecule has 6 nitrogen and oxygen atoms in total. The highest BCUT2D eigenvalue weighted by molar-refractivity contribution is 7.80. The molecule has 0 aliphatic carbocycles. The predicted molar refractivity (Wildman–Crippen MR) is 105 cm³/mol. The van der Waals surface area contributed by atoms with Crippen molar-refractivity contribution in [1.29, 1.82) is 0 Å². The van der Waals surface area contributed by atoms with E-state index in [4.69, 9.17) is 28.6 Å². The van der Waals surface area contributed by atoms with Gasteiger partial charge in [0.05, 0.1) is 13.7 Å². The van der Waals surface area contributed by atoms with Gasteiger partial charge in [-0.2, -0.15) is 0 Å². The largest absolute Gasteiger partial charge is 0.497 e. The van der Waals surface area contributed by atoms with Gasteiger partial charge in [0, 0.05) is 22.5 Å². The van der Waals surface area contributed by atoms with E-state index in [0.29, 0.717) is 10.8 Å². The summed E-state index contributed by atoms with van der Waals surface area (Å²) in [5.41, 5.74) is 7.64. The highest BCUT2D eigenvalue weighted by Crippen LogP contribution is 2.19. The molecule has 8 heteroatoms. The quantitative estimate of drug-likeness (QED) is 0.473. The Morgan fingerprint density at radius 1 is 1.16 bits per heavy atom. The smallest absolute Gasteiger partial charge is 0.257 e. The number of nitrogens with one attached hydrogen (secondary N) is 4. The van der Waals surface area contributed by atoms with Gasteiger partial charge < -0.3 is 15.4 Å². The predicted octanol–water partition coefficient (Wildman–Crippen LogP) is 3.09. The zero-order valence-corrected chi connectivity index (χ0v) is 15.4. The first-order valence-corrected chi connectivity index (χ1v) is 8.26. The molecule has 0 heterocycles. The maximum absolute atomic E-state index is 11.9. The molecule has 132 valence electrons. The maximum Gasteiger partial charge on any atom is 0.257 e. The topological polar surface area (TPSA) is 74.4 Å². The van der Waals surface area contributed by atoms with Gasteiger partial charge in [-0.3, -0.25) is 15.6 Å². The number of ether oxygens (including phenoxy) is 1. The number of anilines is 2. The third kappa shape index (κ3) is 6.13. The second kappa shape index (κ2) is 9.10. The average Bonchev–Trinajstić information content (AvgIpc) is 2.61. The molecule has 0 fully saturated rings. The summed E-state index contributed by atoms with van der Waals surface area (Å²) in [5.74, 6) is 0.444. The van der Waals surface area contributed by atoms with Crippen molar-refractivity contribution in [2.75, 3.05) is 24.3 Å². The average molecular weight is 379 g/mol. The maximum atomic E-state index is 11.9. The van der Waals surface area contributed by atoms with Crippen molar-refractivity contribution in [3.63, 3.8) is 0 Å². The van der Waals surface area contributed by atoms with Crippen molar-refractivity contribution in [2.24, 2.45) is 0 Å². The summed E-state index contributed by atoms with van der Waals surface area (Å²) >= 11 is 11.2. The standard InChI is InChI=1S/C17H19ClN4O2S/c1-11-6-7-13(9-15(11)18)20-17(25)22-21-16(23)10-19-12-4-3-5-14(8-12)24-2/h3-9,19H,10H2,1-2H3,(H,21,23)(H2,20,22,25). The Hall–Kier alpha value is -2.51. The normalized spacial score (nSPS) is 9.88. The van der Waals surface area contributed by atoms with E-state index in [0.717, 1.165) is 16.9 Å². The molecule has 2 rings (SSSR count). The minimum atomic E-state index is -0.270. The molecule has 0 radical (unpaired) electrons. The molecule has 0 aromatic heterocycles. The molecule has 0 aliphatic rings. The molecule has 2 aromatic rings. The van der Waals surface area contributed by atoms with E-state index < -0.39 is 0 Å². The van der Waals surface area contributed by atoms with Crippen molar-refractivity contribution in [3.05, 3.63) is 53.1 Å². The molecular formula is C17H19ClN4O2S. The van der Waals surface area contributed by atoms with E-state index in [1.165, 1.54) is 0 Å². The molecule has 1 amide bonds. The Labute approximate surface area is 156 Å². The first kappa shape index (κ1) is 18.8. The minimum absolute atomic E-state index is 0.0825. The van der Waals surface area contributed by atoms with Gasteiger partial charge in [0.2, 0.25) is 0 Å². The molecule has 0 atom stereocenters. The lowest BCUT2D eigenvalue weighted by Crippen LogP contribution is -2.45. The van der Waals surface area contributed by atoms with Gasteiger partial charge in [-0.15, -0.1) is 0 Å². The van der Waals surface area contributed by atoms with Gasteiger partial charge in [0.1, 0.15) is 5.75 Å². The number of halogens is 1. The van der Waals surface area contributed by atoms with E-state index >= 15 is 0 Å². The Kier molecular flexibility index (Phi) is 6.85. The highest BCUT2D eigenvalue weighted by atomic mass is 35.5. The molecule has 0 unspecified atom stereocenters. The van der Waals surface area contributed by atoms with Crippen LogP contribution in [0.1, 0.15) is 5.56 Å². The lowest BCUT2D eigenvalue weighted by molar-refractivity contribution is -0.119. The molecule has 0 spiro atoms. The van der Waals surface area contributed by atoms with E-state index in [1.54, 1.807) is 19.2 Å². The number of thiocarbonyl (C=S) groups is 1. The van der Waals surface area contributed by atoms with Crippen LogP contribution in [0.3, 0.4) is 0 Å². The Bertz CT molecular complexity index is 770. The van der Waals surface area contributed by atoms with E-state index in [2.05, 4.69) is 21.5 Å². The van der Waals surface area contributed by atoms with E-state index in [-0.39, 0.29) is 17.6 Å². The lowest BCUT2D eigenvalue weighted by atomic mass is 10.2.